The van der Waals surface area contributed by atoms with Gasteiger partial charge < -0.3 is 5.32 Å². The fourth-order valence-corrected chi connectivity index (χ4v) is 3.95. The highest BCUT2D eigenvalue weighted by Crippen LogP contribution is 2.39. The van der Waals surface area contributed by atoms with Gasteiger partial charge in [0.1, 0.15) is 0 Å². The zero-order valence-electron chi connectivity index (χ0n) is 9.90. The zero-order chi connectivity index (χ0) is 11.0. The van der Waals surface area contributed by atoms with Crippen LogP contribution in [0.1, 0.15) is 39.8 Å². The Morgan fingerprint density at radius 1 is 1.35 bits per heavy atom. The second-order valence-corrected chi connectivity index (χ2v) is 5.74. The Labute approximate surface area is 112 Å². The summed E-state index contributed by atoms with van der Waals surface area (Å²) in [5.41, 5.74) is 3.08. The fraction of sp³-hybridized carbons (Fsp3) is 0.462. The first-order valence-electron chi connectivity index (χ1n) is 5.91. The Balaban J connectivity index is 0.00000108. The summed E-state index contributed by atoms with van der Waals surface area (Å²) in [5, 5.41) is 3.01. The van der Waals surface area contributed by atoms with Gasteiger partial charge in [0.05, 0.1) is 12.4 Å². The quantitative estimate of drug-likeness (QED) is 0.828. The molecular weight excluding hydrogens is 252 g/mol. The molecule has 17 heavy (non-hydrogen) atoms. The third kappa shape index (κ3) is 2.26. The van der Waals surface area contributed by atoms with Gasteiger partial charge in [0.2, 0.25) is 0 Å². The van der Waals surface area contributed by atoms with Crippen LogP contribution in [-0.4, -0.2) is 6.34 Å². The highest BCUT2D eigenvalue weighted by Gasteiger charge is 2.23. The van der Waals surface area contributed by atoms with Crippen LogP contribution in [0.3, 0.4) is 0 Å². The Morgan fingerprint density at radius 2 is 2.18 bits per heavy atom. The predicted molar refractivity (Wildman–Crippen MR) is 76.5 cm³/mol. The van der Waals surface area contributed by atoms with Crippen molar-refractivity contribution in [1.82, 2.24) is 5.32 Å². The number of aliphatic imine (C=N–C) groups is 1. The summed E-state index contributed by atoms with van der Waals surface area (Å²) in [4.78, 5) is 7.60. The molecule has 0 amide bonds. The lowest BCUT2D eigenvalue weighted by Gasteiger charge is -2.17. The van der Waals surface area contributed by atoms with Crippen molar-refractivity contribution < 1.29 is 0 Å². The molecule has 2 nitrogen and oxygen atoms in total. The number of hydrogen-bond acceptors (Lipinski definition) is 3. The van der Waals surface area contributed by atoms with Gasteiger partial charge in [-0.2, -0.15) is 0 Å². The first-order chi connectivity index (χ1) is 7.86. The largest absolute Gasteiger partial charge is 0.353 e. The van der Waals surface area contributed by atoms with Gasteiger partial charge in [0.15, 0.2) is 0 Å². The van der Waals surface area contributed by atoms with E-state index in [1.165, 1.54) is 36.1 Å². The molecule has 0 bridgehead atoms. The minimum atomic E-state index is 0. The van der Waals surface area contributed by atoms with Gasteiger partial charge in [-0.3, -0.25) is 4.99 Å². The summed E-state index contributed by atoms with van der Waals surface area (Å²) in [6.07, 6.45) is 11.2. The lowest BCUT2D eigenvalue weighted by Crippen LogP contribution is -2.11. The second kappa shape index (κ2) is 5.23. The predicted octanol–water partition coefficient (Wildman–Crippen LogP) is 3.54. The van der Waals surface area contributed by atoms with E-state index >= 15 is 0 Å². The van der Waals surface area contributed by atoms with Gasteiger partial charge in [-0.05, 0) is 49.8 Å². The summed E-state index contributed by atoms with van der Waals surface area (Å²) in [6.45, 7) is 2.24. The van der Waals surface area contributed by atoms with Crippen LogP contribution in [0.5, 0.6) is 0 Å². The molecule has 0 saturated heterocycles. The normalized spacial score (nSPS) is 21.6. The van der Waals surface area contributed by atoms with Crippen LogP contribution in [0.15, 0.2) is 17.3 Å². The van der Waals surface area contributed by atoms with Crippen LogP contribution >= 0.6 is 23.7 Å². The molecule has 1 aliphatic heterocycles. The molecule has 2 heterocycles. The maximum absolute atomic E-state index is 4.52. The smallest absolute Gasteiger partial charge is 0.0978 e. The summed E-state index contributed by atoms with van der Waals surface area (Å²) < 4.78 is 0. The lowest BCUT2D eigenvalue weighted by atomic mass is 9.91. The molecule has 92 valence electrons. The molecule has 1 aromatic rings. The monoisotopic (exact) mass is 268 g/mol. The van der Waals surface area contributed by atoms with Crippen molar-refractivity contribution in [3.05, 3.63) is 33.2 Å². The maximum atomic E-state index is 4.52. The molecule has 0 radical (unpaired) electrons. The van der Waals surface area contributed by atoms with Crippen molar-refractivity contribution in [1.29, 1.82) is 0 Å². The van der Waals surface area contributed by atoms with Crippen LogP contribution in [0.4, 0.5) is 0 Å². The fourth-order valence-electron chi connectivity index (χ4n) is 2.65. The van der Waals surface area contributed by atoms with Gasteiger partial charge >= 0.3 is 0 Å². The summed E-state index contributed by atoms with van der Waals surface area (Å²) in [7, 11) is 0. The highest BCUT2D eigenvalue weighted by atomic mass is 35.5. The van der Waals surface area contributed by atoms with Crippen molar-refractivity contribution in [3.8, 4) is 0 Å². The molecule has 0 spiro atoms. The van der Waals surface area contributed by atoms with E-state index < -0.39 is 0 Å². The average Bonchev–Trinajstić information content (AvgIpc) is 2.66. The minimum Gasteiger partial charge on any atom is -0.353 e. The van der Waals surface area contributed by atoms with Crippen molar-refractivity contribution in [3.63, 3.8) is 0 Å². The van der Waals surface area contributed by atoms with Crippen LogP contribution in [-0.2, 0) is 12.8 Å². The zero-order valence-corrected chi connectivity index (χ0v) is 11.5. The van der Waals surface area contributed by atoms with E-state index in [2.05, 4.69) is 23.3 Å². The third-order valence-electron chi connectivity index (χ3n) is 3.38. The SMILES string of the molecule is Cc1sc2c(c1C1C=CNC=N1)CCCC2.Cl. The van der Waals surface area contributed by atoms with E-state index in [0.717, 1.165) is 0 Å². The topological polar surface area (TPSA) is 24.4 Å². The lowest BCUT2D eigenvalue weighted by molar-refractivity contribution is 0.685. The molecule has 4 heteroatoms. The molecule has 0 fully saturated rings. The van der Waals surface area contributed by atoms with Gasteiger partial charge in [-0.1, -0.05) is 0 Å². The van der Waals surface area contributed by atoms with Gasteiger partial charge in [0.25, 0.3) is 0 Å². The van der Waals surface area contributed by atoms with E-state index in [1.807, 2.05) is 17.5 Å². The van der Waals surface area contributed by atoms with E-state index in [0.29, 0.717) is 0 Å². The summed E-state index contributed by atoms with van der Waals surface area (Å²) in [6, 6.07) is 0.249. The Hall–Kier alpha value is -0.800. The number of rotatable bonds is 1. The Morgan fingerprint density at radius 3 is 2.94 bits per heavy atom. The molecule has 1 N–H and O–H groups in total. The van der Waals surface area contributed by atoms with Crippen molar-refractivity contribution in [2.24, 2.45) is 4.99 Å². The molecule has 1 unspecified atom stereocenters. The first-order valence-corrected chi connectivity index (χ1v) is 6.73. The van der Waals surface area contributed by atoms with E-state index in [9.17, 15) is 0 Å². The van der Waals surface area contributed by atoms with Crippen molar-refractivity contribution in [2.75, 3.05) is 0 Å². The highest BCUT2D eigenvalue weighted by molar-refractivity contribution is 7.12. The van der Waals surface area contributed by atoms with E-state index in [1.54, 1.807) is 16.8 Å². The number of nitrogens with one attached hydrogen (secondary N) is 1. The Kier molecular flexibility index (Phi) is 3.89. The van der Waals surface area contributed by atoms with Crippen LogP contribution in [0, 0.1) is 6.92 Å². The minimum absolute atomic E-state index is 0. The van der Waals surface area contributed by atoms with Crippen molar-refractivity contribution >= 4 is 30.1 Å². The molecule has 2 aliphatic rings. The van der Waals surface area contributed by atoms with E-state index in [-0.39, 0.29) is 18.4 Å². The van der Waals surface area contributed by atoms with E-state index in [4.69, 9.17) is 0 Å². The molecule has 3 rings (SSSR count). The number of hydrogen-bond donors (Lipinski definition) is 1. The van der Waals surface area contributed by atoms with Crippen LogP contribution in [0.2, 0.25) is 0 Å². The number of aryl methyl sites for hydroxylation is 2. The molecular formula is C13H17ClN2S. The van der Waals surface area contributed by atoms with Gasteiger partial charge in [-0.15, -0.1) is 23.7 Å². The molecule has 0 saturated carbocycles. The molecule has 1 aromatic heterocycles. The van der Waals surface area contributed by atoms with Crippen molar-refractivity contribution in [2.45, 2.75) is 38.6 Å². The molecule has 1 aliphatic carbocycles. The van der Waals surface area contributed by atoms with Gasteiger partial charge in [0, 0.05) is 16.0 Å². The average molecular weight is 269 g/mol. The number of fused-ring (bicyclic) bond motifs is 1. The number of thiophene rings is 1. The molecule has 0 aromatic carbocycles. The molecule has 1 atom stereocenters. The van der Waals surface area contributed by atoms with Gasteiger partial charge in [-0.25, -0.2) is 0 Å². The standard InChI is InChI=1S/C13H16N2S.ClH/c1-9-13(11-6-7-14-8-15-11)10-4-2-3-5-12(10)16-9;/h6-8,11H,2-5H2,1H3,(H,14,15);1H. The number of halogens is 1. The van der Waals surface area contributed by atoms with Crippen LogP contribution < -0.4 is 5.32 Å². The summed E-state index contributed by atoms with van der Waals surface area (Å²) >= 11 is 1.98. The Bertz CT molecular complexity index is 450. The third-order valence-corrected chi connectivity index (χ3v) is 4.60. The number of nitrogens with zero attached hydrogens (tertiary/aromatic N) is 1. The maximum Gasteiger partial charge on any atom is 0.0978 e. The summed E-state index contributed by atoms with van der Waals surface area (Å²) in [5.74, 6) is 0. The van der Waals surface area contributed by atoms with Crippen LogP contribution in [0.25, 0.3) is 0 Å². The first kappa shape index (κ1) is 12.7. The second-order valence-electron chi connectivity index (χ2n) is 4.43.